The normalized spacial score (nSPS) is 13.9. The molecule has 4 atom stereocenters. The molecular weight excluding hydrogens is 496 g/mol. The third-order valence-electron chi connectivity index (χ3n) is 5.08. The van der Waals surface area contributed by atoms with Gasteiger partial charge in [-0.1, -0.05) is 12.1 Å². The smallest absolute Gasteiger partial charge is 0.326 e. The number of nitrogens with one attached hydrogen (secondary N) is 3. The number of aliphatic hydroxyl groups excluding tert-OH is 1. The summed E-state index contributed by atoms with van der Waals surface area (Å²) in [5.74, 6) is -7.08. The Kier molecular flexibility index (Phi) is 12.5. The van der Waals surface area contributed by atoms with Crippen LogP contribution in [0.5, 0.6) is 5.75 Å². The number of phenols is 1. The van der Waals surface area contributed by atoms with Crippen LogP contribution in [-0.4, -0.2) is 91.9 Å². The standard InChI is InChI=1S/C22H30N4O11/c23-13(10-27)19(33)24-14(5-7-17(29)30)20(34)26-16(9-11-1-3-12(28)4-2-11)21(35)25-15(22(36)37)6-8-18(31)32/h1-4,13-16,27-28H,5-10,23H2,(H,24,33)(H,25,35)(H,26,34)(H,29,30)(H,31,32)(H,36,37). The third-order valence-corrected chi connectivity index (χ3v) is 5.08. The molecule has 10 N–H and O–H groups in total. The minimum atomic E-state index is -1.59. The van der Waals surface area contributed by atoms with Crippen LogP contribution >= 0.6 is 0 Å². The minimum Gasteiger partial charge on any atom is -0.508 e. The van der Waals surface area contributed by atoms with Gasteiger partial charge < -0.3 is 47.2 Å². The van der Waals surface area contributed by atoms with Gasteiger partial charge in [-0.3, -0.25) is 24.0 Å². The molecular formula is C22H30N4O11. The summed E-state index contributed by atoms with van der Waals surface area (Å²) in [6.45, 7) is -0.752. The zero-order valence-electron chi connectivity index (χ0n) is 19.6. The van der Waals surface area contributed by atoms with Crippen LogP contribution in [0, 0.1) is 0 Å². The Balaban J connectivity index is 3.17. The topological polar surface area (TPSA) is 266 Å². The second-order valence-electron chi connectivity index (χ2n) is 8.05. The summed E-state index contributed by atoms with van der Waals surface area (Å²) in [7, 11) is 0. The van der Waals surface area contributed by atoms with Gasteiger partial charge in [0.15, 0.2) is 0 Å². The second kappa shape index (κ2) is 15.0. The van der Waals surface area contributed by atoms with E-state index in [0.717, 1.165) is 0 Å². The maximum Gasteiger partial charge on any atom is 0.326 e. The number of carboxylic acids is 3. The lowest BCUT2D eigenvalue weighted by Crippen LogP contribution is -2.58. The van der Waals surface area contributed by atoms with Crippen LogP contribution in [0.1, 0.15) is 31.2 Å². The molecule has 3 amide bonds. The van der Waals surface area contributed by atoms with Gasteiger partial charge in [-0.2, -0.15) is 0 Å². The van der Waals surface area contributed by atoms with Gasteiger partial charge in [-0.15, -0.1) is 0 Å². The molecule has 1 aromatic carbocycles. The maximum absolute atomic E-state index is 13.0. The molecule has 1 aromatic rings. The Hall–Kier alpha value is -4.24. The van der Waals surface area contributed by atoms with Crippen molar-refractivity contribution in [3.63, 3.8) is 0 Å². The first-order valence-electron chi connectivity index (χ1n) is 11.1. The summed E-state index contributed by atoms with van der Waals surface area (Å²) in [5.41, 5.74) is 5.86. The fourth-order valence-corrected chi connectivity index (χ4v) is 3.05. The van der Waals surface area contributed by atoms with E-state index in [1.807, 2.05) is 0 Å². The molecule has 15 heteroatoms. The fraction of sp³-hybridized carbons (Fsp3) is 0.455. The number of carbonyl (C=O) groups is 6. The molecule has 4 unspecified atom stereocenters. The zero-order valence-corrected chi connectivity index (χ0v) is 19.6. The molecule has 0 fully saturated rings. The molecule has 0 saturated carbocycles. The van der Waals surface area contributed by atoms with Crippen molar-refractivity contribution >= 4 is 35.6 Å². The van der Waals surface area contributed by atoms with E-state index in [1.54, 1.807) is 0 Å². The lowest BCUT2D eigenvalue weighted by molar-refractivity contribution is -0.143. The molecule has 0 aromatic heterocycles. The Labute approximate surface area is 210 Å². The maximum atomic E-state index is 13.0. The highest BCUT2D eigenvalue weighted by molar-refractivity contribution is 5.94. The number of rotatable bonds is 16. The van der Waals surface area contributed by atoms with Gasteiger partial charge in [0.2, 0.25) is 17.7 Å². The van der Waals surface area contributed by atoms with Crippen molar-refractivity contribution in [1.29, 1.82) is 0 Å². The molecule has 0 aliphatic heterocycles. The van der Waals surface area contributed by atoms with E-state index in [0.29, 0.717) is 5.56 Å². The highest BCUT2D eigenvalue weighted by atomic mass is 16.4. The van der Waals surface area contributed by atoms with Gasteiger partial charge in [-0.05, 0) is 30.5 Å². The van der Waals surface area contributed by atoms with Gasteiger partial charge in [0.25, 0.3) is 0 Å². The number of benzene rings is 1. The Bertz CT molecular complexity index is 983. The van der Waals surface area contributed by atoms with E-state index in [2.05, 4.69) is 16.0 Å². The van der Waals surface area contributed by atoms with Crippen molar-refractivity contribution in [3.05, 3.63) is 29.8 Å². The highest BCUT2D eigenvalue weighted by Gasteiger charge is 2.31. The van der Waals surface area contributed by atoms with Crippen LogP contribution in [-0.2, 0) is 35.2 Å². The lowest BCUT2D eigenvalue weighted by Gasteiger charge is -2.25. The van der Waals surface area contributed by atoms with Gasteiger partial charge >= 0.3 is 17.9 Å². The summed E-state index contributed by atoms with van der Waals surface area (Å²) >= 11 is 0. The number of hydrogen-bond donors (Lipinski definition) is 9. The summed E-state index contributed by atoms with van der Waals surface area (Å²) in [6.07, 6.45) is -2.14. The van der Waals surface area contributed by atoms with Crippen molar-refractivity contribution < 1.29 is 54.3 Å². The Morgan fingerprint density at radius 1 is 0.730 bits per heavy atom. The van der Waals surface area contributed by atoms with E-state index in [1.165, 1.54) is 24.3 Å². The number of aliphatic carboxylic acids is 3. The average Bonchev–Trinajstić information content (AvgIpc) is 2.83. The number of aliphatic hydroxyl groups is 1. The fourth-order valence-electron chi connectivity index (χ4n) is 3.05. The molecule has 0 spiro atoms. The summed E-state index contributed by atoms with van der Waals surface area (Å²) in [5, 5.41) is 52.4. The molecule has 0 saturated heterocycles. The lowest BCUT2D eigenvalue weighted by atomic mass is 10.0. The molecule has 0 radical (unpaired) electrons. The zero-order chi connectivity index (χ0) is 28.1. The van der Waals surface area contributed by atoms with E-state index in [-0.39, 0.29) is 12.2 Å². The van der Waals surface area contributed by atoms with Crippen LogP contribution in [0.25, 0.3) is 0 Å². The molecule has 0 heterocycles. The molecule has 204 valence electrons. The number of amides is 3. The Morgan fingerprint density at radius 2 is 1.19 bits per heavy atom. The number of nitrogens with two attached hydrogens (primary N) is 1. The number of carboxylic acid groups (broad SMARTS) is 3. The molecule has 1 rings (SSSR count). The molecule has 0 aliphatic rings. The van der Waals surface area contributed by atoms with E-state index in [4.69, 9.17) is 21.1 Å². The van der Waals surface area contributed by atoms with Crippen molar-refractivity contribution in [2.75, 3.05) is 6.61 Å². The van der Waals surface area contributed by atoms with Crippen molar-refractivity contribution in [2.45, 2.75) is 56.3 Å². The Morgan fingerprint density at radius 3 is 1.68 bits per heavy atom. The molecule has 0 bridgehead atoms. The van der Waals surface area contributed by atoms with Crippen LogP contribution in [0.15, 0.2) is 24.3 Å². The monoisotopic (exact) mass is 526 g/mol. The van der Waals surface area contributed by atoms with E-state index >= 15 is 0 Å². The quantitative estimate of drug-likeness (QED) is 0.108. The van der Waals surface area contributed by atoms with Crippen molar-refractivity contribution in [1.82, 2.24) is 16.0 Å². The number of carbonyl (C=O) groups excluding carboxylic acids is 3. The van der Waals surface area contributed by atoms with E-state index < -0.39 is 92.1 Å². The van der Waals surface area contributed by atoms with Gasteiger partial charge in [0, 0.05) is 19.3 Å². The summed E-state index contributed by atoms with van der Waals surface area (Å²) in [6, 6.07) is -0.417. The largest absolute Gasteiger partial charge is 0.508 e. The predicted molar refractivity (Wildman–Crippen MR) is 124 cm³/mol. The summed E-state index contributed by atoms with van der Waals surface area (Å²) in [4.78, 5) is 71.3. The van der Waals surface area contributed by atoms with Gasteiger partial charge in [0.05, 0.1) is 6.61 Å². The predicted octanol–water partition coefficient (Wildman–Crippen LogP) is -2.48. The van der Waals surface area contributed by atoms with Crippen LogP contribution in [0.4, 0.5) is 0 Å². The molecule has 15 nitrogen and oxygen atoms in total. The number of aromatic hydroxyl groups is 1. The van der Waals surface area contributed by atoms with Crippen LogP contribution in [0.2, 0.25) is 0 Å². The first-order chi connectivity index (χ1) is 17.3. The highest BCUT2D eigenvalue weighted by Crippen LogP contribution is 2.12. The molecule has 37 heavy (non-hydrogen) atoms. The van der Waals surface area contributed by atoms with Crippen molar-refractivity contribution in [3.8, 4) is 5.75 Å². The first-order valence-corrected chi connectivity index (χ1v) is 11.1. The minimum absolute atomic E-state index is 0.0786. The van der Waals surface area contributed by atoms with Crippen molar-refractivity contribution in [2.24, 2.45) is 5.73 Å². The van der Waals surface area contributed by atoms with E-state index in [9.17, 15) is 39.0 Å². The number of phenolic OH excluding ortho intramolecular Hbond substituents is 1. The van der Waals surface area contributed by atoms with Gasteiger partial charge in [0.1, 0.15) is 29.9 Å². The SMILES string of the molecule is NC(CO)C(=O)NC(CCC(=O)O)C(=O)NC(Cc1ccc(O)cc1)C(=O)NC(CCC(=O)O)C(=O)O. The third kappa shape index (κ3) is 11.4. The number of hydrogen-bond acceptors (Lipinski definition) is 9. The summed E-state index contributed by atoms with van der Waals surface area (Å²) < 4.78 is 0. The van der Waals surface area contributed by atoms with Crippen LogP contribution in [0.3, 0.4) is 0 Å². The van der Waals surface area contributed by atoms with Gasteiger partial charge in [-0.25, -0.2) is 4.79 Å². The van der Waals surface area contributed by atoms with Crippen LogP contribution < -0.4 is 21.7 Å². The second-order valence-corrected chi connectivity index (χ2v) is 8.05. The first kappa shape index (κ1) is 30.8. The molecule has 0 aliphatic carbocycles. The average molecular weight is 526 g/mol.